The number of carbonyl (C=O) groups is 1. The van der Waals surface area contributed by atoms with Gasteiger partial charge in [-0.3, -0.25) is 9.78 Å². The summed E-state index contributed by atoms with van der Waals surface area (Å²) in [5.41, 5.74) is 11.4. The van der Waals surface area contributed by atoms with E-state index in [0.29, 0.717) is 11.7 Å². The van der Waals surface area contributed by atoms with Gasteiger partial charge in [0.15, 0.2) is 5.84 Å². The number of rotatable bonds is 3. The average molecular weight is 358 g/mol. The zero-order valence-corrected chi connectivity index (χ0v) is 15.0. The van der Waals surface area contributed by atoms with Gasteiger partial charge in [0.1, 0.15) is 11.5 Å². The Labute approximate surface area is 156 Å². The molecule has 0 atom stereocenters. The van der Waals surface area contributed by atoms with Crippen LogP contribution in [-0.2, 0) is 0 Å². The van der Waals surface area contributed by atoms with Crippen molar-refractivity contribution in [2.75, 3.05) is 19.0 Å². The molecule has 0 saturated heterocycles. The van der Waals surface area contributed by atoms with E-state index in [1.807, 2.05) is 61.5 Å². The SMILES string of the molecule is CN(C)c1ccnc(C(=O)N/N=C2\N=C(N)c3c2ccc2ccccc32)c1. The van der Waals surface area contributed by atoms with Gasteiger partial charge in [0.05, 0.1) is 0 Å². The van der Waals surface area contributed by atoms with Crippen LogP contribution < -0.4 is 16.1 Å². The second-order valence-electron chi connectivity index (χ2n) is 6.38. The Kier molecular flexibility index (Phi) is 4.04. The number of hydrogen-bond donors (Lipinski definition) is 2. The number of pyridine rings is 1. The van der Waals surface area contributed by atoms with Crippen molar-refractivity contribution in [2.24, 2.45) is 15.8 Å². The Hall–Kier alpha value is -3.74. The number of amidine groups is 2. The number of hydrazone groups is 1. The van der Waals surface area contributed by atoms with Crippen LogP contribution >= 0.6 is 0 Å². The normalized spacial score (nSPS) is 14.1. The van der Waals surface area contributed by atoms with Crippen molar-refractivity contribution in [1.29, 1.82) is 0 Å². The highest BCUT2D eigenvalue weighted by atomic mass is 16.2. The largest absolute Gasteiger partial charge is 0.383 e. The zero-order chi connectivity index (χ0) is 19.0. The second kappa shape index (κ2) is 6.53. The van der Waals surface area contributed by atoms with E-state index in [1.165, 1.54) is 0 Å². The van der Waals surface area contributed by atoms with Gasteiger partial charge in [0, 0.05) is 37.1 Å². The topological polar surface area (TPSA) is 96.0 Å². The fourth-order valence-electron chi connectivity index (χ4n) is 3.03. The van der Waals surface area contributed by atoms with Gasteiger partial charge in [0.25, 0.3) is 5.91 Å². The van der Waals surface area contributed by atoms with Crippen LogP contribution in [0.25, 0.3) is 10.8 Å². The molecular weight excluding hydrogens is 340 g/mol. The fourth-order valence-corrected chi connectivity index (χ4v) is 3.03. The van der Waals surface area contributed by atoms with Crippen molar-refractivity contribution in [2.45, 2.75) is 0 Å². The lowest BCUT2D eigenvalue weighted by molar-refractivity contribution is 0.0950. The molecule has 2 heterocycles. The highest BCUT2D eigenvalue weighted by Crippen LogP contribution is 2.27. The number of fused-ring (bicyclic) bond motifs is 3. The molecule has 3 N–H and O–H groups in total. The van der Waals surface area contributed by atoms with Crippen LogP contribution in [0.4, 0.5) is 5.69 Å². The Balaban J connectivity index is 1.64. The fraction of sp³-hybridized carbons (Fsp3) is 0.100. The molecule has 0 saturated carbocycles. The molecule has 1 amide bonds. The summed E-state index contributed by atoms with van der Waals surface area (Å²) in [6.45, 7) is 0. The third-order valence-corrected chi connectivity index (χ3v) is 4.41. The third-order valence-electron chi connectivity index (χ3n) is 4.41. The predicted octanol–water partition coefficient (Wildman–Crippen LogP) is 2.11. The van der Waals surface area contributed by atoms with Crippen LogP contribution in [0, 0.1) is 0 Å². The predicted molar refractivity (Wildman–Crippen MR) is 107 cm³/mol. The molecule has 134 valence electrons. The third kappa shape index (κ3) is 2.99. The first-order chi connectivity index (χ1) is 13.0. The standard InChI is InChI=1S/C20H18N6O/c1-26(2)13-9-10-22-16(11-13)20(27)25-24-19-15-8-7-12-5-3-4-6-14(12)17(15)18(21)23-19/h3-11H,1-2H3,(H,25,27)(H2,21,23,24). The number of carbonyl (C=O) groups excluding carboxylic acids is 1. The maximum Gasteiger partial charge on any atom is 0.290 e. The maximum absolute atomic E-state index is 12.4. The lowest BCUT2D eigenvalue weighted by Crippen LogP contribution is -2.21. The van der Waals surface area contributed by atoms with E-state index in [1.54, 1.807) is 12.3 Å². The van der Waals surface area contributed by atoms with Crippen LogP contribution in [0.5, 0.6) is 0 Å². The number of nitrogens with zero attached hydrogens (tertiary/aromatic N) is 4. The van der Waals surface area contributed by atoms with E-state index in [9.17, 15) is 4.79 Å². The van der Waals surface area contributed by atoms with Crippen LogP contribution in [0.15, 0.2) is 64.8 Å². The molecule has 1 aliphatic heterocycles. The van der Waals surface area contributed by atoms with Gasteiger partial charge in [-0.2, -0.15) is 5.10 Å². The summed E-state index contributed by atoms with van der Waals surface area (Å²) in [5, 5.41) is 6.25. The molecular formula is C20H18N6O. The van der Waals surface area contributed by atoms with E-state index >= 15 is 0 Å². The maximum atomic E-state index is 12.4. The summed E-state index contributed by atoms with van der Waals surface area (Å²) >= 11 is 0. The van der Waals surface area contributed by atoms with E-state index in [-0.39, 0.29) is 5.69 Å². The number of aromatic nitrogens is 1. The smallest absolute Gasteiger partial charge is 0.290 e. The first-order valence-corrected chi connectivity index (χ1v) is 8.42. The Morgan fingerprint density at radius 1 is 1.15 bits per heavy atom. The van der Waals surface area contributed by atoms with Gasteiger partial charge >= 0.3 is 0 Å². The molecule has 0 spiro atoms. The Bertz CT molecular complexity index is 1120. The minimum Gasteiger partial charge on any atom is -0.383 e. The van der Waals surface area contributed by atoms with Gasteiger partial charge < -0.3 is 10.6 Å². The number of nitrogens with one attached hydrogen (secondary N) is 1. The molecule has 0 fully saturated rings. The molecule has 2 aromatic carbocycles. The quantitative estimate of drug-likeness (QED) is 0.701. The first kappa shape index (κ1) is 16.7. The van der Waals surface area contributed by atoms with E-state index < -0.39 is 5.91 Å². The summed E-state index contributed by atoms with van der Waals surface area (Å²) in [7, 11) is 3.79. The first-order valence-electron chi connectivity index (χ1n) is 8.42. The summed E-state index contributed by atoms with van der Waals surface area (Å²) in [6, 6.07) is 15.4. The molecule has 1 aromatic heterocycles. The molecule has 1 aliphatic rings. The molecule has 4 rings (SSSR count). The second-order valence-corrected chi connectivity index (χ2v) is 6.38. The molecule has 7 heteroatoms. The minimum absolute atomic E-state index is 0.277. The number of amides is 1. The van der Waals surface area contributed by atoms with Crippen LogP contribution in [-0.4, -0.2) is 36.7 Å². The number of hydrogen-bond acceptors (Lipinski definition) is 5. The number of anilines is 1. The van der Waals surface area contributed by atoms with Crippen molar-refractivity contribution < 1.29 is 4.79 Å². The van der Waals surface area contributed by atoms with Crippen molar-refractivity contribution in [3.63, 3.8) is 0 Å². The van der Waals surface area contributed by atoms with Crippen molar-refractivity contribution in [1.82, 2.24) is 10.4 Å². The molecule has 3 aromatic rings. The molecule has 0 radical (unpaired) electrons. The average Bonchev–Trinajstić information content (AvgIpc) is 3.02. The monoisotopic (exact) mass is 358 g/mol. The Morgan fingerprint density at radius 2 is 1.96 bits per heavy atom. The van der Waals surface area contributed by atoms with Gasteiger partial charge in [-0.25, -0.2) is 10.4 Å². The number of benzene rings is 2. The van der Waals surface area contributed by atoms with Gasteiger partial charge in [0.2, 0.25) is 0 Å². The Morgan fingerprint density at radius 3 is 2.78 bits per heavy atom. The lowest BCUT2D eigenvalue weighted by Gasteiger charge is -2.12. The van der Waals surface area contributed by atoms with Crippen molar-refractivity contribution in [3.8, 4) is 0 Å². The molecule has 0 bridgehead atoms. The molecule has 27 heavy (non-hydrogen) atoms. The molecule has 7 nitrogen and oxygen atoms in total. The minimum atomic E-state index is -0.408. The van der Waals surface area contributed by atoms with Gasteiger partial charge in [-0.1, -0.05) is 30.3 Å². The molecule has 0 aliphatic carbocycles. The van der Waals surface area contributed by atoms with Gasteiger partial charge in [-0.15, -0.1) is 0 Å². The summed E-state index contributed by atoms with van der Waals surface area (Å²) in [4.78, 5) is 22.7. The van der Waals surface area contributed by atoms with E-state index in [0.717, 1.165) is 27.6 Å². The number of aliphatic imine (C=N–C) groups is 1. The molecule has 0 unspecified atom stereocenters. The summed E-state index contributed by atoms with van der Waals surface area (Å²) in [6.07, 6.45) is 1.59. The van der Waals surface area contributed by atoms with E-state index in [4.69, 9.17) is 5.73 Å². The summed E-state index contributed by atoms with van der Waals surface area (Å²) in [5.74, 6) is 0.363. The van der Waals surface area contributed by atoms with Crippen LogP contribution in [0.1, 0.15) is 21.6 Å². The van der Waals surface area contributed by atoms with Crippen LogP contribution in [0.2, 0.25) is 0 Å². The lowest BCUT2D eigenvalue weighted by atomic mass is 9.99. The van der Waals surface area contributed by atoms with Crippen molar-refractivity contribution >= 4 is 34.0 Å². The zero-order valence-electron chi connectivity index (χ0n) is 15.0. The van der Waals surface area contributed by atoms with Crippen molar-refractivity contribution in [3.05, 3.63) is 71.5 Å². The number of nitrogens with two attached hydrogens (primary N) is 1. The highest BCUT2D eigenvalue weighted by Gasteiger charge is 2.22. The van der Waals surface area contributed by atoms with E-state index in [2.05, 4.69) is 20.5 Å². The van der Waals surface area contributed by atoms with Crippen LogP contribution in [0.3, 0.4) is 0 Å². The highest BCUT2D eigenvalue weighted by molar-refractivity contribution is 6.26. The van der Waals surface area contributed by atoms with Gasteiger partial charge in [-0.05, 0) is 29.0 Å². The summed E-state index contributed by atoms with van der Waals surface area (Å²) < 4.78 is 0.